The van der Waals surface area contributed by atoms with Crippen molar-refractivity contribution in [2.45, 2.75) is 38.5 Å². The van der Waals surface area contributed by atoms with Crippen molar-refractivity contribution >= 4 is 21.8 Å². The topological polar surface area (TPSA) is 98.6 Å². The molecule has 0 spiro atoms. The van der Waals surface area contributed by atoms with Crippen LogP contribution >= 0.6 is 0 Å². The van der Waals surface area contributed by atoms with Gasteiger partial charge in [-0.05, 0) is 63.9 Å². The lowest BCUT2D eigenvalue weighted by atomic mass is 9.98. The van der Waals surface area contributed by atoms with Crippen LogP contribution in [0.5, 0.6) is 0 Å². The number of carbonyl (C=O) groups excluding carboxylic acids is 2. The highest BCUT2D eigenvalue weighted by Crippen LogP contribution is 2.25. The minimum atomic E-state index is -3.64. The normalized spacial score (nSPS) is 15.2. The predicted octanol–water partition coefficient (Wildman–Crippen LogP) is 3.62. The van der Waals surface area contributed by atoms with Crippen molar-refractivity contribution in [3.8, 4) is 5.69 Å². The third-order valence-corrected chi connectivity index (χ3v) is 8.31. The average molecular weight is 496 g/mol. The van der Waals surface area contributed by atoms with E-state index in [0.717, 1.165) is 22.6 Å². The second-order valence-electron chi connectivity index (χ2n) is 8.85. The Morgan fingerprint density at radius 3 is 2.37 bits per heavy atom. The number of Topliss-reactive ketones (excluding diaryl/α,β-unsaturated/α-hetero) is 1. The molecule has 35 heavy (non-hydrogen) atoms. The first-order valence-electron chi connectivity index (χ1n) is 11.5. The zero-order valence-corrected chi connectivity index (χ0v) is 20.9. The number of ketones is 1. The van der Waals surface area contributed by atoms with E-state index in [0.29, 0.717) is 18.4 Å². The average Bonchev–Trinajstić information content (AvgIpc) is 3.17. The number of piperidine rings is 1. The van der Waals surface area contributed by atoms with Crippen molar-refractivity contribution in [3.05, 3.63) is 77.4 Å². The highest BCUT2D eigenvalue weighted by Gasteiger charge is 2.33. The summed E-state index contributed by atoms with van der Waals surface area (Å²) in [5.41, 5.74) is 4.35. The number of ether oxygens (including phenoxy) is 1. The molecule has 9 heteroatoms. The Balaban J connectivity index is 1.35. The molecule has 1 saturated heterocycles. The third-order valence-electron chi connectivity index (χ3n) is 6.43. The third kappa shape index (κ3) is 5.21. The summed E-state index contributed by atoms with van der Waals surface area (Å²) >= 11 is 0. The smallest absolute Gasteiger partial charge is 0.309 e. The van der Waals surface area contributed by atoms with E-state index in [-0.39, 0.29) is 30.4 Å². The molecule has 0 bridgehead atoms. The molecule has 2 aromatic heterocycles. The van der Waals surface area contributed by atoms with Crippen molar-refractivity contribution < 1.29 is 22.7 Å². The Labute approximate surface area is 205 Å². The first kappa shape index (κ1) is 24.8. The summed E-state index contributed by atoms with van der Waals surface area (Å²) in [5.74, 6) is -1.17. The fourth-order valence-corrected chi connectivity index (χ4v) is 5.88. The zero-order valence-electron chi connectivity index (χ0n) is 20.1. The van der Waals surface area contributed by atoms with Crippen LogP contribution in [0.4, 0.5) is 0 Å². The second kappa shape index (κ2) is 10.1. The molecule has 1 aromatic carbocycles. The Morgan fingerprint density at radius 2 is 1.74 bits per heavy atom. The second-order valence-corrected chi connectivity index (χ2v) is 10.8. The number of pyridine rings is 1. The zero-order chi connectivity index (χ0) is 25.2. The van der Waals surface area contributed by atoms with Gasteiger partial charge in [-0.2, -0.15) is 4.31 Å². The summed E-state index contributed by atoms with van der Waals surface area (Å²) in [6, 6.07) is 12.9. The van der Waals surface area contributed by atoms with Crippen LogP contribution in [0.1, 0.15) is 40.2 Å². The molecule has 0 aliphatic carbocycles. The molecule has 0 atom stereocenters. The monoisotopic (exact) mass is 495 g/mol. The fraction of sp³-hybridized carbons (Fsp3) is 0.346. The fourth-order valence-electron chi connectivity index (χ4n) is 4.45. The van der Waals surface area contributed by atoms with E-state index < -0.39 is 21.9 Å². The number of rotatable bonds is 7. The molecular weight excluding hydrogens is 466 g/mol. The largest absolute Gasteiger partial charge is 0.457 e. The Morgan fingerprint density at radius 1 is 1.06 bits per heavy atom. The maximum absolute atomic E-state index is 12.9. The van der Waals surface area contributed by atoms with Crippen molar-refractivity contribution in [2.24, 2.45) is 5.92 Å². The molecule has 3 heterocycles. The lowest BCUT2D eigenvalue weighted by molar-refractivity contribution is -0.148. The number of esters is 1. The molecule has 4 rings (SSSR count). The summed E-state index contributed by atoms with van der Waals surface area (Å²) in [7, 11) is -3.64. The van der Waals surface area contributed by atoms with Gasteiger partial charge in [0.25, 0.3) is 0 Å². The predicted molar refractivity (Wildman–Crippen MR) is 131 cm³/mol. The van der Waals surface area contributed by atoms with E-state index >= 15 is 0 Å². The molecular formula is C26H29N3O5S. The van der Waals surface area contributed by atoms with E-state index in [1.165, 1.54) is 22.8 Å². The van der Waals surface area contributed by atoms with Crippen LogP contribution in [0.25, 0.3) is 5.69 Å². The molecule has 3 aromatic rings. The molecule has 0 saturated carbocycles. The quantitative estimate of drug-likeness (QED) is 0.367. The number of carbonyl (C=O) groups is 2. The van der Waals surface area contributed by atoms with Gasteiger partial charge in [0.1, 0.15) is 4.90 Å². The summed E-state index contributed by atoms with van der Waals surface area (Å²) in [4.78, 5) is 29.5. The van der Waals surface area contributed by atoms with Gasteiger partial charge in [-0.25, -0.2) is 8.42 Å². The van der Waals surface area contributed by atoms with Gasteiger partial charge in [-0.1, -0.05) is 17.7 Å². The first-order valence-corrected chi connectivity index (χ1v) is 13.0. The SMILES string of the molecule is Cc1ccc(-n2c(C)cc(C(=O)COC(=O)C3CCN(S(=O)(=O)c4cccnc4)CC3)c2C)cc1. The first-order chi connectivity index (χ1) is 16.7. The number of nitrogens with zero attached hydrogens (tertiary/aromatic N) is 3. The molecule has 0 radical (unpaired) electrons. The van der Waals surface area contributed by atoms with Gasteiger partial charge in [0.15, 0.2) is 6.61 Å². The van der Waals surface area contributed by atoms with E-state index in [2.05, 4.69) is 4.98 Å². The van der Waals surface area contributed by atoms with Crippen LogP contribution in [0, 0.1) is 26.7 Å². The van der Waals surface area contributed by atoms with Gasteiger partial charge >= 0.3 is 5.97 Å². The van der Waals surface area contributed by atoms with Crippen molar-refractivity contribution in [2.75, 3.05) is 19.7 Å². The van der Waals surface area contributed by atoms with Crippen LogP contribution in [-0.4, -0.2) is 53.7 Å². The summed E-state index contributed by atoms with van der Waals surface area (Å²) in [6.07, 6.45) is 3.52. The van der Waals surface area contributed by atoms with E-state index in [1.54, 1.807) is 6.07 Å². The standard InChI is InChI=1S/C26H29N3O5S/c1-18-6-8-22(9-7-18)29-19(2)15-24(20(29)3)25(30)17-34-26(31)21-10-13-28(14-11-21)35(32,33)23-5-4-12-27-16-23/h4-9,12,15-16,21H,10-11,13-14,17H2,1-3H3. The minimum Gasteiger partial charge on any atom is -0.457 e. The highest BCUT2D eigenvalue weighted by molar-refractivity contribution is 7.89. The lowest BCUT2D eigenvalue weighted by Crippen LogP contribution is -2.40. The van der Waals surface area contributed by atoms with Gasteiger partial charge in [-0.15, -0.1) is 0 Å². The number of aryl methyl sites for hydroxylation is 2. The summed E-state index contributed by atoms with van der Waals surface area (Å²) in [6.45, 7) is 5.91. The molecule has 0 N–H and O–H groups in total. The Hall–Kier alpha value is -3.30. The summed E-state index contributed by atoms with van der Waals surface area (Å²) in [5, 5.41) is 0. The van der Waals surface area contributed by atoms with Crippen LogP contribution in [-0.2, 0) is 19.6 Å². The molecule has 1 fully saturated rings. The number of benzene rings is 1. The lowest BCUT2D eigenvalue weighted by Gasteiger charge is -2.29. The van der Waals surface area contributed by atoms with E-state index in [4.69, 9.17) is 4.74 Å². The van der Waals surface area contributed by atoms with E-state index in [9.17, 15) is 18.0 Å². The molecule has 1 aliphatic heterocycles. The van der Waals surface area contributed by atoms with Gasteiger partial charge < -0.3 is 9.30 Å². The van der Waals surface area contributed by atoms with Crippen LogP contribution < -0.4 is 0 Å². The number of sulfonamides is 1. The van der Waals surface area contributed by atoms with E-state index in [1.807, 2.05) is 55.7 Å². The van der Waals surface area contributed by atoms with Gasteiger partial charge in [-0.3, -0.25) is 14.6 Å². The number of aromatic nitrogens is 2. The molecule has 1 aliphatic rings. The van der Waals surface area contributed by atoms with Gasteiger partial charge in [0.2, 0.25) is 15.8 Å². The highest BCUT2D eigenvalue weighted by atomic mass is 32.2. The maximum Gasteiger partial charge on any atom is 0.309 e. The Kier molecular flexibility index (Phi) is 7.18. The Bertz CT molecular complexity index is 1320. The number of hydrogen-bond donors (Lipinski definition) is 0. The van der Waals surface area contributed by atoms with Crippen LogP contribution in [0.2, 0.25) is 0 Å². The molecule has 184 valence electrons. The molecule has 8 nitrogen and oxygen atoms in total. The minimum absolute atomic E-state index is 0.134. The molecule has 0 unspecified atom stereocenters. The van der Waals surface area contributed by atoms with Gasteiger partial charge in [0, 0.05) is 48.1 Å². The van der Waals surface area contributed by atoms with Crippen molar-refractivity contribution in [3.63, 3.8) is 0 Å². The molecule has 0 amide bonds. The maximum atomic E-state index is 12.9. The van der Waals surface area contributed by atoms with Crippen LogP contribution in [0.3, 0.4) is 0 Å². The van der Waals surface area contributed by atoms with Crippen molar-refractivity contribution in [1.82, 2.24) is 13.9 Å². The van der Waals surface area contributed by atoms with Gasteiger partial charge in [0.05, 0.1) is 5.92 Å². The van der Waals surface area contributed by atoms with Crippen molar-refractivity contribution in [1.29, 1.82) is 0 Å². The van der Waals surface area contributed by atoms with Crippen LogP contribution in [0.15, 0.2) is 59.8 Å². The number of hydrogen-bond acceptors (Lipinski definition) is 6. The summed E-state index contributed by atoms with van der Waals surface area (Å²) < 4.78 is 34.2.